The maximum absolute atomic E-state index is 13.4. The second kappa shape index (κ2) is 3.55. The third-order valence-electron chi connectivity index (χ3n) is 3.09. The fourth-order valence-corrected chi connectivity index (χ4v) is 2.19. The first-order valence-corrected chi connectivity index (χ1v) is 5.62. The van der Waals surface area contributed by atoms with Crippen molar-refractivity contribution in [3.8, 4) is 5.69 Å². The minimum Gasteiger partial charge on any atom is -0.383 e. The third-order valence-corrected chi connectivity index (χ3v) is 3.09. The van der Waals surface area contributed by atoms with Crippen molar-refractivity contribution < 1.29 is 4.39 Å². The van der Waals surface area contributed by atoms with Crippen molar-refractivity contribution in [2.75, 3.05) is 11.9 Å². The Hall–Kier alpha value is -1.91. The summed E-state index contributed by atoms with van der Waals surface area (Å²) in [6.45, 7) is 4.73. The van der Waals surface area contributed by atoms with Crippen LogP contribution in [0.25, 0.3) is 5.69 Å². The minimum atomic E-state index is -0.251. The average molecular weight is 232 g/mol. The fraction of sp³-hybridized carbons (Fsp3) is 0.333. The van der Waals surface area contributed by atoms with Crippen LogP contribution in [0.2, 0.25) is 0 Å². The predicted octanol–water partition coefficient (Wildman–Crippen LogP) is 2.24. The molecule has 0 spiro atoms. The lowest BCUT2D eigenvalue weighted by Crippen LogP contribution is -2.09. The van der Waals surface area contributed by atoms with Crippen LogP contribution in [0.1, 0.15) is 24.5 Å². The molecule has 3 rings (SSSR count). The largest absolute Gasteiger partial charge is 0.383 e. The van der Waals surface area contributed by atoms with Crippen LogP contribution in [-0.2, 0) is 0 Å². The molecule has 1 N–H and O–H groups in total. The second-order valence-electron chi connectivity index (χ2n) is 4.38. The van der Waals surface area contributed by atoms with Gasteiger partial charge in [0, 0.05) is 18.5 Å². The summed E-state index contributed by atoms with van der Waals surface area (Å²) in [6, 6.07) is 4.73. The number of benzene rings is 1. The Bertz CT molecular complexity index is 576. The zero-order valence-corrected chi connectivity index (χ0v) is 9.74. The minimum absolute atomic E-state index is 0.242. The molecule has 0 radical (unpaired) electrons. The number of nitrogens with one attached hydrogen (secondary N) is 1. The summed E-state index contributed by atoms with van der Waals surface area (Å²) in [6.07, 6.45) is 0. The number of fused-ring (bicyclic) bond motifs is 3. The summed E-state index contributed by atoms with van der Waals surface area (Å²) in [5.41, 5.74) is 1.70. The molecular weight excluding hydrogens is 219 g/mol. The van der Waals surface area contributed by atoms with E-state index in [2.05, 4.69) is 22.4 Å². The van der Waals surface area contributed by atoms with Crippen molar-refractivity contribution in [3.05, 3.63) is 35.7 Å². The number of aryl methyl sites for hydroxylation is 1. The van der Waals surface area contributed by atoms with Gasteiger partial charge in [-0.15, -0.1) is 10.2 Å². The molecule has 2 aromatic rings. The summed E-state index contributed by atoms with van der Waals surface area (Å²) < 4.78 is 15.3. The first kappa shape index (κ1) is 10.3. The molecule has 0 saturated heterocycles. The smallest absolute Gasteiger partial charge is 0.142 e. The molecule has 1 atom stereocenters. The van der Waals surface area contributed by atoms with Gasteiger partial charge in [-0.1, -0.05) is 6.92 Å². The summed E-state index contributed by atoms with van der Waals surface area (Å²) in [5, 5.41) is 11.6. The molecule has 0 aliphatic carbocycles. The Kier molecular flexibility index (Phi) is 2.14. The van der Waals surface area contributed by atoms with Gasteiger partial charge in [0.2, 0.25) is 0 Å². The van der Waals surface area contributed by atoms with Gasteiger partial charge >= 0.3 is 0 Å². The number of hydrogen-bond donors (Lipinski definition) is 1. The van der Waals surface area contributed by atoms with Crippen molar-refractivity contribution in [1.82, 2.24) is 14.8 Å². The van der Waals surface area contributed by atoms with Crippen LogP contribution in [0.3, 0.4) is 0 Å². The Labute approximate surface area is 98.5 Å². The molecule has 0 saturated carbocycles. The Morgan fingerprint density at radius 2 is 2.24 bits per heavy atom. The van der Waals surface area contributed by atoms with Crippen molar-refractivity contribution in [2.45, 2.75) is 19.8 Å². The van der Waals surface area contributed by atoms with Gasteiger partial charge < -0.3 is 5.32 Å². The molecule has 0 bridgehead atoms. The van der Waals surface area contributed by atoms with E-state index in [0.717, 1.165) is 29.6 Å². The maximum atomic E-state index is 13.4. The number of hydrogen-bond acceptors (Lipinski definition) is 3. The van der Waals surface area contributed by atoms with Gasteiger partial charge in [0.25, 0.3) is 0 Å². The highest BCUT2D eigenvalue weighted by Crippen LogP contribution is 2.30. The van der Waals surface area contributed by atoms with Gasteiger partial charge in [0.15, 0.2) is 0 Å². The van der Waals surface area contributed by atoms with Crippen LogP contribution >= 0.6 is 0 Å². The second-order valence-corrected chi connectivity index (χ2v) is 4.38. The molecule has 17 heavy (non-hydrogen) atoms. The van der Waals surface area contributed by atoms with Crippen LogP contribution in [-0.4, -0.2) is 21.3 Å². The van der Waals surface area contributed by atoms with E-state index < -0.39 is 0 Å². The summed E-state index contributed by atoms with van der Waals surface area (Å²) in [4.78, 5) is 0. The van der Waals surface area contributed by atoms with Crippen LogP contribution in [0.5, 0.6) is 0 Å². The van der Waals surface area contributed by atoms with E-state index in [-0.39, 0.29) is 11.7 Å². The number of halogens is 1. The molecule has 88 valence electrons. The lowest BCUT2D eigenvalue weighted by atomic mass is 10.2. The van der Waals surface area contributed by atoms with E-state index in [9.17, 15) is 4.39 Å². The third kappa shape index (κ3) is 1.50. The standard InChI is InChI=1S/C12H13FN4/c1-7-6-14-10-4-3-9(13)5-11(10)17-8(2)15-16-12(7)17/h3-5,7,14H,6H2,1-2H3. The maximum Gasteiger partial charge on any atom is 0.142 e. The van der Waals surface area contributed by atoms with Crippen molar-refractivity contribution in [2.24, 2.45) is 0 Å². The number of aromatic nitrogens is 3. The van der Waals surface area contributed by atoms with E-state index >= 15 is 0 Å². The number of nitrogens with zero attached hydrogens (tertiary/aromatic N) is 3. The first-order valence-electron chi connectivity index (χ1n) is 5.62. The topological polar surface area (TPSA) is 42.7 Å². The zero-order chi connectivity index (χ0) is 12.0. The predicted molar refractivity (Wildman–Crippen MR) is 63.0 cm³/mol. The normalized spacial score (nSPS) is 17.9. The monoisotopic (exact) mass is 232 g/mol. The van der Waals surface area contributed by atoms with Crippen molar-refractivity contribution in [3.63, 3.8) is 0 Å². The van der Waals surface area contributed by atoms with Gasteiger partial charge in [-0.25, -0.2) is 4.39 Å². The van der Waals surface area contributed by atoms with E-state index in [4.69, 9.17) is 0 Å². The average Bonchev–Trinajstić information content (AvgIpc) is 2.62. The fourth-order valence-electron chi connectivity index (χ4n) is 2.19. The quantitative estimate of drug-likeness (QED) is 0.757. The van der Waals surface area contributed by atoms with Gasteiger partial charge in [0.05, 0.1) is 11.4 Å². The molecule has 1 aliphatic rings. The van der Waals surface area contributed by atoms with Gasteiger partial charge in [-0.3, -0.25) is 4.57 Å². The van der Waals surface area contributed by atoms with E-state index in [1.807, 2.05) is 11.5 Å². The van der Waals surface area contributed by atoms with Gasteiger partial charge in [-0.05, 0) is 19.1 Å². The van der Waals surface area contributed by atoms with E-state index in [1.54, 1.807) is 6.07 Å². The number of anilines is 1. The van der Waals surface area contributed by atoms with Crippen LogP contribution in [0.4, 0.5) is 10.1 Å². The molecule has 1 aromatic heterocycles. The Morgan fingerprint density at radius 1 is 1.41 bits per heavy atom. The highest BCUT2D eigenvalue weighted by molar-refractivity contribution is 5.63. The zero-order valence-electron chi connectivity index (χ0n) is 9.74. The first-order chi connectivity index (χ1) is 8.16. The van der Waals surface area contributed by atoms with Crippen molar-refractivity contribution >= 4 is 5.69 Å². The molecule has 1 unspecified atom stereocenters. The van der Waals surface area contributed by atoms with Crippen LogP contribution in [0.15, 0.2) is 18.2 Å². The molecule has 5 heteroatoms. The molecular formula is C12H13FN4. The Morgan fingerprint density at radius 3 is 3.06 bits per heavy atom. The lowest BCUT2D eigenvalue weighted by molar-refractivity contribution is 0.626. The number of rotatable bonds is 0. The molecule has 0 fully saturated rings. The highest BCUT2D eigenvalue weighted by Gasteiger charge is 2.22. The van der Waals surface area contributed by atoms with Crippen LogP contribution < -0.4 is 5.32 Å². The van der Waals surface area contributed by atoms with Crippen LogP contribution in [0, 0.1) is 12.7 Å². The highest BCUT2D eigenvalue weighted by atomic mass is 19.1. The van der Waals surface area contributed by atoms with Gasteiger partial charge in [-0.2, -0.15) is 0 Å². The van der Waals surface area contributed by atoms with E-state index in [1.165, 1.54) is 12.1 Å². The molecule has 1 aliphatic heterocycles. The molecule has 2 heterocycles. The van der Waals surface area contributed by atoms with E-state index in [0.29, 0.717) is 0 Å². The molecule has 1 aromatic carbocycles. The molecule has 4 nitrogen and oxygen atoms in total. The van der Waals surface area contributed by atoms with Gasteiger partial charge in [0.1, 0.15) is 17.5 Å². The lowest BCUT2D eigenvalue weighted by Gasteiger charge is -2.10. The molecule has 0 amide bonds. The summed E-state index contributed by atoms with van der Waals surface area (Å²) in [5.74, 6) is 1.65. The van der Waals surface area contributed by atoms with Crippen molar-refractivity contribution in [1.29, 1.82) is 0 Å². The summed E-state index contributed by atoms with van der Waals surface area (Å²) >= 11 is 0. The Balaban J connectivity index is 2.31. The SMILES string of the molecule is Cc1nnc2n1-c1cc(F)ccc1NCC2C. The summed E-state index contributed by atoms with van der Waals surface area (Å²) in [7, 11) is 0.